The fourth-order valence-electron chi connectivity index (χ4n) is 3.43. The van der Waals surface area contributed by atoms with Gasteiger partial charge in [0.15, 0.2) is 0 Å². The smallest absolute Gasteiger partial charge is 0.354 e. The third-order valence-electron chi connectivity index (χ3n) is 4.80. The Bertz CT molecular complexity index is 849. The lowest BCUT2D eigenvalue weighted by Gasteiger charge is -2.22. The summed E-state index contributed by atoms with van der Waals surface area (Å²) < 4.78 is 39.0. The van der Waals surface area contributed by atoms with Crippen LogP contribution in [0.4, 0.5) is 30.2 Å². The van der Waals surface area contributed by atoms with Gasteiger partial charge in [0.1, 0.15) is 0 Å². The van der Waals surface area contributed by atoms with Gasteiger partial charge in [0, 0.05) is 17.8 Å². The maximum Gasteiger partial charge on any atom is 0.416 e. The van der Waals surface area contributed by atoms with Gasteiger partial charge >= 0.3 is 6.18 Å². The molecule has 0 heterocycles. The molecule has 0 aliphatic heterocycles. The molecular weight excluding hydrogens is 381 g/mol. The van der Waals surface area contributed by atoms with Gasteiger partial charge in [0.25, 0.3) is 5.69 Å². The van der Waals surface area contributed by atoms with Crippen molar-refractivity contribution in [1.82, 2.24) is 0 Å². The SMILES string of the molecule is O=[N+]([O-])c1cc(Nc2ccc(C3CCCCC3)cc2Cl)cc(C(F)(F)F)c1. The number of halogens is 4. The van der Waals surface area contributed by atoms with Gasteiger partial charge < -0.3 is 5.32 Å². The number of nitro benzene ring substituents is 1. The van der Waals surface area contributed by atoms with Gasteiger partial charge in [0.05, 0.1) is 21.2 Å². The summed E-state index contributed by atoms with van der Waals surface area (Å²) in [6.45, 7) is 0. The molecule has 4 nitrogen and oxygen atoms in total. The van der Waals surface area contributed by atoms with Crippen molar-refractivity contribution in [3.63, 3.8) is 0 Å². The van der Waals surface area contributed by atoms with Crippen molar-refractivity contribution in [2.24, 2.45) is 0 Å². The van der Waals surface area contributed by atoms with Crippen molar-refractivity contribution < 1.29 is 18.1 Å². The average molecular weight is 399 g/mol. The number of benzene rings is 2. The monoisotopic (exact) mass is 398 g/mol. The Morgan fingerprint density at radius 2 is 1.78 bits per heavy atom. The lowest BCUT2D eigenvalue weighted by molar-refractivity contribution is -0.385. The second kappa shape index (κ2) is 7.76. The Hall–Kier alpha value is -2.28. The summed E-state index contributed by atoms with van der Waals surface area (Å²) in [7, 11) is 0. The first-order chi connectivity index (χ1) is 12.7. The molecular formula is C19H18ClF3N2O2. The zero-order chi connectivity index (χ0) is 19.6. The standard InChI is InChI=1S/C19H18ClF3N2O2/c20-17-8-13(12-4-2-1-3-5-12)6-7-18(17)24-15-9-14(19(21,22)23)10-16(11-15)25(26)27/h6-12,24H,1-5H2. The number of hydrogen-bond acceptors (Lipinski definition) is 3. The Morgan fingerprint density at radius 3 is 2.37 bits per heavy atom. The fourth-order valence-corrected chi connectivity index (χ4v) is 3.67. The molecule has 1 aliphatic rings. The van der Waals surface area contributed by atoms with E-state index in [4.69, 9.17) is 11.6 Å². The molecule has 0 aromatic heterocycles. The lowest BCUT2D eigenvalue weighted by atomic mass is 9.84. The van der Waals surface area contributed by atoms with E-state index in [-0.39, 0.29) is 5.69 Å². The van der Waals surface area contributed by atoms with Crippen LogP contribution in [-0.4, -0.2) is 4.92 Å². The number of non-ortho nitro benzene ring substituents is 1. The highest BCUT2D eigenvalue weighted by atomic mass is 35.5. The maximum atomic E-state index is 13.0. The van der Waals surface area contributed by atoms with Crippen molar-refractivity contribution >= 4 is 28.7 Å². The van der Waals surface area contributed by atoms with Crippen molar-refractivity contribution in [2.75, 3.05) is 5.32 Å². The van der Waals surface area contributed by atoms with Crippen LogP contribution in [0.1, 0.15) is 49.1 Å². The normalized spacial score (nSPS) is 15.6. The molecule has 144 valence electrons. The summed E-state index contributed by atoms with van der Waals surface area (Å²) in [6, 6.07) is 7.84. The molecule has 0 spiro atoms. The quantitative estimate of drug-likeness (QED) is 0.443. The first-order valence-corrected chi connectivity index (χ1v) is 9.05. The molecule has 1 fully saturated rings. The van der Waals surface area contributed by atoms with E-state index in [1.54, 1.807) is 6.07 Å². The summed E-state index contributed by atoms with van der Waals surface area (Å²) in [5.41, 5.74) is -0.245. The third-order valence-corrected chi connectivity index (χ3v) is 5.12. The number of alkyl halides is 3. The molecule has 0 saturated heterocycles. The molecule has 1 aliphatic carbocycles. The van der Waals surface area contributed by atoms with Crippen molar-refractivity contribution in [3.05, 3.63) is 62.7 Å². The van der Waals surface area contributed by atoms with Crippen LogP contribution in [-0.2, 0) is 6.18 Å². The van der Waals surface area contributed by atoms with Crippen molar-refractivity contribution in [1.29, 1.82) is 0 Å². The molecule has 27 heavy (non-hydrogen) atoms. The first-order valence-electron chi connectivity index (χ1n) is 8.67. The summed E-state index contributed by atoms with van der Waals surface area (Å²) >= 11 is 6.31. The minimum absolute atomic E-state index is 0.0381. The molecule has 2 aromatic rings. The summed E-state index contributed by atoms with van der Waals surface area (Å²) in [4.78, 5) is 10.1. The number of nitrogens with zero attached hydrogens (tertiary/aromatic N) is 1. The molecule has 1 saturated carbocycles. The van der Waals surface area contributed by atoms with Crippen LogP contribution in [0.5, 0.6) is 0 Å². The van der Waals surface area contributed by atoms with E-state index in [2.05, 4.69) is 5.32 Å². The molecule has 1 N–H and O–H groups in total. The number of anilines is 2. The van der Waals surface area contributed by atoms with Crippen LogP contribution < -0.4 is 5.32 Å². The highest BCUT2D eigenvalue weighted by Gasteiger charge is 2.33. The van der Waals surface area contributed by atoms with Crippen LogP contribution in [0.2, 0.25) is 5.02 Å². The van der Waals surface area contributed by atoms with Gasteiger partial charge in [0.2, 0.25) is 0 Å². The molecule has 0 bridgehead atoms. The zero-order valence-electron chi connectivity index (χ0n) is 14.4. The van der Waals surface area contributed by atoms with Crippen LogP contribution in [0.3, 0.4) is 0 Å². The zero-order valence-corrected chi connectivity index (χ0v) is 15.1. The molecule has 0 atom stereocenters. The Balaban J connectivity index is 1.88. The number of nitrogens with one attached hydrogen (secondary N) is 1. The van der Waals surface area contributed by atoms with E-state index in [9.17, 15) is 23.3 Å². The topological polar surface area (TPSA) is 55.2 Å². The molecule has 0 unspecified atom stereocenters. The minimum Gasteiger partial charge on any atom is -0.354 e. The number of rotatable bonds is 4. The van der Waals surface area contributed by atoms with Gasteiger partial charge in [-0.05, 0) is 42.5 Å². The predicted octanol–water partition coefficient (Wildman–Crippen LogP) is 7.06. The van der Waals surface area contributed by atoms with Crippen LogP contribution in [0, 0.1) is 10.1 Å². The van der Waals surface area contributed by atoms with Gasteiger partial charge in [-0.3, -0.25) is 10.1 Å². The van der Waals surface area contributed by atoms with Gasteiger partial charge in [-0.15, -0.1) is 0 Å². The molecule has 2 aromatic carbocycles. The van der Waals surface area contributed by atoms with E-state index in [1.165, 1.54) is 19.3 Å². The number of hydrogen-bond donors (Lipinski definition) is 1. The number of nitro groups is 1. The van der Waals surface area contributed by atoms with E-state index >= 15 is 0 Å². The van der Waals surface area contributed by atoms with Crippen LogP contribution in [0.25, 0.3) is 0 Å². The lowest BCUT2D eigenvalue weighted by Crippen LogP contribution is -2.07. The molecule has 8 heteroatoms. The minimum atomic E-state index is -4.68. The Labute approximate surface area is 159 Å². The van der Waals surface area contributed by atoms with Gasteiger partial charge in [-0.1, -0.05) is 36.9 Å². The second-order valence-electron chi connectivity index (χ2n) is 6.72. The van der Waals surface area contributed by atoms with E-state index < -0.39 is 22.4 Å². The van der Waals surface area contributed by atoms with Crippen LogP contribution in [0.15, 0.2) is 36.4 Å². The second-order valence-corrected chi connectivity index (χ2v) is 7.13. The maximum absolute atomic E-state index is 13.0. The summed E-state index contributed by atoms with van der Waals surface area (Å²) in [5.74, 6) is 0.444. The molecule has 0 radical (unpaired) electrons. The first kappa shape index (κ1) is 19.5. The fraction of sp³-hybridized carbons (Fsp3) is 0.368. The largest absolute Gasteiger partial charge is 0.416 e. The molecule has 0 amide bonds. The summed E-state index contributed by atoms with van der Waals surface area (Å²) in [6.07, 6.45) is 1.10. The Kier molecular flexibility index (Phi) is 5.60. The average Bonchev–Trinajstić information content (AvgIpc) is 2.63. The summed E-state index contributed by atoms with van der Waals surface area (Å²) in [5, 5.41) is 14.1. The highest BCUT2D eigenvalue weighted by Crippen LogP contribution is 2.38. The third kappa shape index (κ3) is 4.71. The predicted molar refractivity (Wildman–Crippen MR) is 98.7 cm³/mol. The van der Waals surface area contributed by atoms with E-state index in [0.717, 1.165) is 30.5 Å². The van der Waals surface area contributed by atoms with Gasteiger partial charge in [-0.2, -0.15) is 13.2 Å². The van der Waals surface area contributed by atoms with E-state index in [0.29, 0.717) is 22.7 Å². The molecule has 3 rings (SSSR count). The van der Waals surface area contributed by atoms with E-state index in [1.807, 2.05) is 12.1 Å². The van der Waals surface area contributed by atoms with Crippen molar-refractivity contribution in [3.8, 4) is 0 Å². The highest BCUT2D eigenvalue weighted by molar-refractivity contribution is 6.33. The van der Waals surface area contributed by atoms with Gasteiger partial charge in [-0.25, -0.2) is 0 Å². The van der Waals surface area contributed by atoms with Crippen LogP contribution >= 0.6 is 11.6 Å². The Morgan fingerprint density at radius 1 is 1.07 bits per heavy atom. The van der Waals surface area contributed by atoms with Crippen molar-refractivity contribution in [2.45, 2.75) is 44.2 Å².